The molecule has 0 radical (unpaired) electrons. The molecule has 0 aromatic carbocycles. The van der Waals surface area contributed by atoms with Crippen molar-refractivity contribution in [1.82, 2.24) is 16.0 Å². The van der Waals surface area contributed by atoms with Crippen molar-refractivity contribution in [3.63, 3.8) is 0 Å². The van der Waals surface area contributed by atoms with Crippen LogP contribution >= 0.6 is 0 Å². The average molecular weight is 361 g/mol. The molecule has 0 spiro atoms. The molecule has 0 saturated carbocycles. The number of carbonyl (C=O) groups is 5. The lowest BCUT2D eigenvalue weighted by Gasteiger charge is -2.21. The molecule has 11 nitrogen and oxygen atoms in total. The van der Waals surface area contributed by atoms with E-state index in [1.54, 1.807) is 20.8 Å². The Labute approximate surface area is 143 Å². The summed E-state index contributed by atoms with van der Waals surface area (Å²) in [6.45, 7) is 4.47. The van der Waals surface area contributed by atoms with E-state index < -0.39 is 60.3 Å². The van der Waals surface area contributed by atoms with Gasteiger partial charge in [0.25, 0.3) is 0 Å². The first-order valence-electron chi connectivity index (χ1n) is 7.37. The van der Waals surface area contributed by atoms with E-state index in [2.05, 4.69) is 5.32 Å². The summed E-state index contributed by atoms with van der Waals surface area (Å²) in [5.74, 6) is -4.54. The molecule has 2 atom stereocenters. The van der Waals surface area contributed by atoms with Crippen molar-refractivity contribution in [1.29, 1.82) is 0 Å². The van der Waals surface area contributed by atoms with E-state index in [0.29, 0.717) is 0 Å². The highest BCUT2D eigenvalue weighted by atomic mass is 16.4. The first-order valence-corrected chi connectivity index (χ1v) is 7.37. The van der Waals surface area contributed by atoms with Crippen LogP contribution in [0.4, 0.5) is 4.79 Å². The number of carboxylic acids is 3. The number of nitrogens with one attached hydrogen (secondary N) is 3. The van der Waals surface area contributed by atoms with Gasteiger partial charge in [0.05, 0.1) is 0 Å². The van der Waals surface area contributed by atoms with Crippen LogP contribution in [0.5, 0.6) is 0 Å². The third-order valence-corrected chi connectivity index (χ3v) is 3.00. The van der Waals surface area contributed by atoms with Gasteiger partial charge in [0.15, 0.2) is 0 Å². The first-order chi connectivity index (χ1) is 11.3. The molecule has 0 aromatic heterocycles. The molecule has 11 heteroatoms. The molecule has 0 aliphatic rings. The zero-order valence-corrected chi connectivity index (χ0v) is 14.2. The van der Waals surface area contributed by atoms with Crippen LogP contribution in [0, 0.1) is 5.41 Å². The molecule has 0 rings (SSSR count). The number of hydrogen-bond acceptors (Lipinski definition) is 5. The summed E-state index contributed by atoms with van der Waals surface area (Å²) >= 11 is 0. The van der Waals surface area contributed by atoms with Gasteiger partial charge in [-0.15, -0.1) is 0 Å². The topological polar surface area (TPSA) is 182 Å². The molecular weight excluding hydrogens is 338 g/mol. The van der Waals surface area contributed by atoms with Crippen LogP contribution in [0.2, 0.25) is 0 Å². The Morgan fingerprint density at radius 3 is 1.76 bits per heavy atom. The largest absolute Gasteiger partial charge is 0.481 e. The van der Waals surface area contributed by atoms with Gasteiger partial charge in [0, 0.05) is 18.4 Å². The van der Waals surface area contributed by atoms with E-state index in [1.807, 2.05) is 10.6 Å². The zero-order chi connectivity index (χ0) is 19.8. The van der Waals surface area contributed by atoms with Gasteiger partial charge in [-0.05, 0) is 6.42 Å². The Balaban J connectivity index is 4.71. The van der Waals surface area contributed by atoms with Gasteiger partial charge in [-0.25, -0.2) is 14.4 Å². The SMILES string of the molecule is CC(C)(C)C(=O)NC[C@H](NC(=O)N[C@@H](CCC(=O)O)C(=O)O)C(=O)O. The van der Waals surface area contributed by atoms with Gasteiger partial charge >= 0.3 is 23.9 Å². The Kier molecular flexibility index (Phi) is 8.37. The quantitative estimate of drug-likeness (QED) is 0.309. The van der Waals surface area contributed by atoms with Crippen molar-refractivity contribution < 1.29 is 39.3 Å². The van der Waals surface area contributed by atoms with E-state index >= 15 is 0 Å². The Bertz CT molecular complexity index is 541. The van der Waals surface area contributed by atoms with Gasteiger partial charge in [-0.3, -0.25) is 9.59 Å². The van der Waals surface area contributed by atoms with E-state index in [0.717, 1.165) is 0 Å². The minimum Gasteiger partial charge on any atom is -0.481 e. The lowest BCUT2D eigenvalue weighted by Crippen LogP contribution is -2.55. The number of hydrogen-bond donors (Lipinski definition) is 6. The molecule has 0 aliphatic heterocycles. The maximum atomic E-state index is 11.8. The molecule has 0 bridgehead atoms. The Hall–Kier alpha value is -2.85. The summed E-state index contributed by atoms with van der Waals surface area (Å²) in [6, 6.07) is -4.08. The minimum atomic E-state index is -1.49. The van der Waals surface area contributed by atoms with Crippen molar-refractivity contribution in [3.8, 4) is 0 Å². The number of carboxylic acid groups (broad SMARTS) is 3. The minimum absolute atomic E-state index is 0.364. The summed E-state index contributed by atoms with van der Waals surface area (Å²) < 4.78 is 0. The second kappa shape index (κ2) is 9.45. The molecule has 0 saturated heterocycles. The van der Waals surface area contributed by atoms with Gasteiger partial charge in [-0.2, -0.15) is 0 Å². The highest BCUT2D eigenvalue weighted by molar-refractivity contribution is 5.87. The molecule has 25 heavy (non-hydrogen) atoms. The number of amides is 3. The van der Waals surface area contributed by atoms with Crippen LogP contribution < -0.4 is 16.0 Å². The molecule has 6 N–H and O–H groups in total. The molecule has 0 aromatic rings. The van der Waals surface area contributed by atoms with Gasteiger partial charge in [-0.1, -0.05) is 20.8 Å². The normalized spacial score (nSPS) is 13.2. The molecule has 142 valence electrons. The average Bonchev–Trinajstić information content (AvgIpc) is 2.45. The van der Waals surface area contributed by atoms with Crippen molar-refractivity contribution in [2.45, 2.75) is 45.7 Å². The summed E-state index contributed by atoms with van der Waals surface area (Å²) in [6.07, 6.45) is -0.849. The monoisotopic (exact) mass is 361 g/mol. The molecule has 0 unspecified atom stereocenters. The zero-order valence-electron chi connectivity index (χ0n) is 14.2. The summed E-state index contributed by atoms with van der Waals surface area (Å²) in [4.78, 5) is 56.1. The van der Waals surface area contributed by atoms with Crippen molar-refractivity contribution in [3.05, 3.63) is 0 Å². The van der Waals surface area contributed by atoms with Crippen LogP contribution in [0.15, 0.2) is 0 Å². The van der Waals surface area contributed by atoms with E-state index in [-0.39, 0.29) is 6.42 Å². The highest BCUT2D eigenvalue weighted by Gasteiger charge is 2.27. The number of aliphatic carboxylic acids is 3. The number of urea groups is 1. The Morgan fingerprint density at radius 2 is 1.36 bits per heavy atom. The van der Waals surface area contributed by atoms with E-state index in [4.69, 9.17) is 15.3 Å². The fourth-order valence-electron chi connectivity index (χ4n) is 1.54. The van der Waals surface area contributed by atoms with Crippen LogP contribution in [0.1, 0.15) is 33.6 Å². The summed E-state index contributed by atoms with van der Waals surface area (Å²) in [5.41, 5.74) is -0.753. The Morgan fingerprint density at radius 1 is 0.880 bits per heavy atom. The lowest BCUT2D eigenvalue weighted by atomic mass is 9.95. The number of carbonyl (C=O) groups excluding carboxylic acids is 2. The van der Waals surface area contributed by atoms with Gasteiger partial charge in [0.1, 0.15) is 12.1 Å². The standard InChI is InChI=1S/C14H23N3O8/c1-14(2,3)12(24)15-6-8(11(22)23)17-13(25)16-7(10(20)21)4-5-9(18)19/h7-8H,4-6H2,1-3H3,(H,15,24)(H,18,19)(H,20,21)(H,22,23)(H2,16,17,25)/t7-,8-/m0/s1. The smallest absolute Gasteiger partial charge is 0.328 e. The fraction of sp³-hybridized carbons (Fsp3) is 0.643. The summed E-state index contributed by atoms with van der Waals surface area (Å²) in [5, 5.41) is 32.9. The highest BCUT2D eigenvalue weighted by Crippen LogP contribution is 2.12. The third kappa shape index (κ3) is 9.13. The summed E-state index contributed by atoms with van der Waals surface area (Å²) in [7, 11) is 0. The molecular formula is C14H23N3O8. The van der Waals surface area contributed by atoms with Crippen LogP contribution in [0.3, 0.4) is 0 Å². The predicted molar refractivity (Wildman–Crippen MR) is 83.8 cm³/mol. The van der Waals surface area contributed by atoms with Gasteiger partial charge < -0.3 is 31.3 Å². The van der Waals surface area contributed by atoms with Crippen LogP contribution in [0.25, 0.3) is 0 Å². The lowest BCUT2D eigenvalue weighted by molar-refractivity contribution is -0.141. The maximum Gasteiger partial charge on any atom is 0.328 e. The van der Waals surface area contributed by atoms with Crippen LogP contribution in [-0.2, 0) is 19.2 Å². The second-order valence-electron chi connectivity index (χ2n) is 6.29. The van der Waals surface area contributed by atoms with Crippen molar-refractivity contribution in [2.75, 3.05) is 6.54 Å². The van der Waals surface area contributed by atoms with E-state index in [9.17, 15) is 24.0 Å². The molecule has 0 aliphatic carbocycles. The molecule has 0 fully saturated rings. The molecule has 0 heterocycles. The van der Waals surface area contributed by atoms with Crippen molar-refractivity contribution in [2.24, 2.45) is 5.41 Å². The van der Waals surface area contributed by atoms with E-state index in [1.165, 1.54) is 0 Å². The van der Waals surface area contributed by atoms with Crippen molar-refractivity contribution >= 4 is 29.8 Å². The predicted octanol–water partition coefficient (Wildman–Crippen LogP) is -0.781. The first kappa shape index (κ1) is 22.1. The maximum absolute atomic E-state index is 11.8. The fourth-order valence-corrected chi connectivity index (χ4v) is 1.54. The number of rotatable bonds is 9. The van der Waals surface area contributed by atoms with Gasteiger partial charge in [0.2, 0.25) is 5.91 Å². The van der Waals surface area contributed by atoms with Crippen LogP contribution in [-0.4, -0.2) is 63.8 Å². The second-order valence-corrected chi connectivity index (χ2v) is 6.29. The third-order valence-electron chi connectivity index (χ3n) is 3.00. The molecule has 3 amide bonds.